The molecule has 0 unspecified atom stereocenters. The SMILES string of the molecule is N#Cc1cc(-c2ccccc2N(c2ccccc2)c2ccccc2)ccc1-c1cccc(N(c2ccccc2)c2cccc(-c3ccc(-c4ccccc4N(c4ccccc4)c4ccccc4)cc3C#N)c2)c1. The average molecular weight is 934 g/mol. The maximum absolute atomic E-state index is 10.8. The number of anilines is 9. The van der Waals surface area contributed by atoms with E-state index in [4.69, 9.17) is 0 Å². The van der Waals surface area contributed by atoms with Crippen LogP contribution < -0.4 is 14.7 Å². The van der Waals surface area contributed by atoms with Crippen LogP contribution in [-0.4, -0.2) is 0 Å². The van der Waals surface area contributed by atoms with Gasteiger partial charge in [0.25, 0.3) is 0 Å². The number of nitrogens with zero attached hydrogens (tertiary/aromatic N) is 5. The van der Waals surface area contributed by atoms with Crippen LogP contribution in [0.3, 0.4) is 0 Å². The van der Waals surface area contributed by atoms with Gasteiger partial charge in [0, 0.05) is 50.9 Å². The normalized spacial score (nSPS) is 10.7. The van der Waals surface area contributed by atoms with Crippen molar-refractivity contribution in [3.05, 3.63) is 296 Å². The molecule has 11 aromatic carbocycles. The molecule has 0 amide bonds. The molecule has 0 fully saturated rings. The number of hydrogen-bond acceptors (Lipinski definition) is 5. The Balaban J connectivity index is 0.948. The lowest BCUT2D eigenvalue weighted by Gasteiger charge is -2.28. The molecule has 0 aromatic heterocycles. The number of benzene rings is 11. The highest BCUT2D eigenvalue weighted by Gasteiger charge is 2.21. The smallest absolute Gasteiger partial charge is 0.0998 e. The predicted molar refractivity (Wildman–Crippen MR) is 302 cm³/mol. The van der Waals surface area contributed by atoms with Crippen LogP contribution in [0, 0.1) is 22.7 Å². The molecule has 0 aliphatic heterocycles. The van der Waals surface area contributed by atoms with Crippen molar-refractivity contribution < 1.29 is 0 Å². The molecular weight excluding hydrogens is 887 g/mol. The zero-order valence-corrected chi connectivity index (χ0v) is 39.9. The minimum atomic E-state index is 0.576. The fourth-order valence-corrected chi connectivity index (χ4v) is 9.75. The molecule has 0 atom stereocenters. The minimum Gasteiger partial charge on any atom is -0.310 e. The molecule has 5 heteroatoms. The van der Waals surface area contributed by atoms with Crippen molar-refractivity contribution >= 4 is 51.2 Å². The molecule has 11 rings (SSSR count). The van der Waals surface area contributed by atoms with E-state index in [9.17, 15) is 10.5 Å². The van der Waals surface area contributed by atoms with Gasteiger partial charge in [-0.15, -0.1) is 0 Å². The van der Waals surface area contributed by atoms with Gasteiger partial charge in [0.2, 0.25) is 0 Å². The van der Waals surface area contributed by atoms with Crippen molar-refractivity contribution in [2.75, 3.05) is 14.7 Å². The zero-order valence-electron chi connectivity index (χ0n) is 39.9. The monoisotopic (exact) mass is 933 g/mol. The summed E-state index contributed by atoms with van der Waals surface area (Å²) in [6, 6.07) is 103. The maximum atomic E-state index is 10.8. The van der Waals surface area contributed by atoms with Crippen LogP contribution >= 0.6 is 0 Å². The van der Waals surface area contributed by atoms with E-state index in [2.05, 4.69) is 233 Å². The molecule has 0 N–H and O–H groups in total. The van der Waals surface area contributed by atoms with Crippen LogP contribution in [0.1, 0.15) is 11.1 Å². The van der Waals surface area contributed by atoms with Gasteiger partial charge in [0.1, 0.15) is 0 Å². The van der Waals surface area contributed by atoms with Crippen molar-refractivity contribution in [3.63, 3.8) is 0 Å². The first-order chi connectivity index (χ1) is 36.1. The van der Waals surface area contributed by atoms with Crippen LogP contribution in [0.2, 0.25) is 0 Å². The summed E-state index contributed by atoms with van der Waals surface area (Å²) in [6.45, 7) is 0. The topological polar surface area (TPSA) is 57.3 Å². The van der Waals surface area contributed by atoms with Gasteiger partial charge in [0.05, 0.1) is 34.6 Å². The molecule has 0 heterocycles. The van der Waals surface area contributed by atoms with Gasteiger partial charge in [-0.1, -0.05) is 176 Å². The van der Waals surface area contributed by atoms with E-state index >= 15 is 0 Å². The van der Waals surface area contributed by atoms with Crippen LogP contribution in [-0.2, 0) is 0 Å². The van der Waals surface area contributed by atoms with E-state index < -0.39 is 0 Å². The maximum Gasteiger partial charge on any atom is 0.0998 e. The van der Waals surface area contributed by atoms with Crippen molar-refractivity contribution in [2.24, 2.45) is 0 Å². The molecule has 0 spiro atoms. The van der Waals surface area contributed by atoms with E-state index in [0.717, 1.165) is 95.7 Å². The molecule has 11 aromatic rings. The third-order valence-corrected chi connectivity index (χ3v) is 13.1. The molecule has 0 aliphatic carbocycles. The lowest BCUT2D eigenvalue weighted by molar-refractivity contribution is 1.28. The summed E-state index contributed by atoms with van der Waals surface area (Å²) in [5.74, 6) is 0. The lowest BCUT2D eigenvalue weighted by atomic mass is 9.93. The van der Waals surface area contributed by atoms with Crippen LogP contribution in [0.25, 0.3) is 44.5 Å². The number of hydrogen-bond donors (Lipinski definition) is 0. The van der Waals surface area contributed by atoms with Gasteiger partial charge in [-0.3, -0.25) is 0 Å². The highest BCUT2D eigenvalue weighted by atomic mass is 15.2. The Kier molecular flexibility index (Phi) is 12.9. The Morgan fingerprint density at radius 2 is 0.507 bits per heavy atom. The summed E-state index contributed by atoms with van der Waals surface area (Å²) in [7, 11) is 0. The lowest BCUT2D eigenvalue weighted by Crippen LogP contribution is -2.11. The second-order valence-corrected chi connectivity index (χ2v) is 17.6. The van der Waals surface area contributed by atoms with Gasteiger partial charge in [0.15, 0.2) is 0 Å². The summed E-state index contributed by atoms with van der Waals surface area (Å²) in [6.07, 6.45) is 0. The first-order valence-electron chi connectivity index (χ1n) is 24.3. The van der Waals surface area contributed by atoms with Crippen LogP contribution in [0.5, 0.6) is 0 Å². The molecular formula is C68H47N5. The molecule has 0 saturated heterocycles. The molecule has 0 aliphatic rings. The van der Waals surface area contributed by atoms with Crippen LogP contribution in [0.4, 0.5) is 51.2 Å². The summed E-state index contributed by atoms with van der Waals surface area (Å²) in [5.41, 5.74) is 17.6. The van der Waals surface area contributed by atoms with E-state index in [0.29, 0.717) is 11.1 Å². The van der Waals surface area contributed by atoms with Gasteiger partial charge in [-0.25, -0.2) is 0 Å². The largest absolute Gasteiger partial charge is 0.310 e. The van der Waals surface area contributed by atoms with Gasteiger partial charge in [-0.05, 0) is 143 Å². The highest BCUT2D eigenvalue weighted by Crippen LogP contribution is 2.45. The van der Waals surface area contributed by atoms with E-state index in [1.54, 1.807) is 0 Å². The standard InChI is InChI=1S/C68H47N5/c69-48-54-44-52(65-36-16-18-38-67(65)72(57-26-8-2-9-27-57)58-28-10-3-11-29-58)40-42-63(54)50-22-20-34-61(46-50)71(56-24-6-1-7-25-56)62-35-21-23-51(47-62)64-43-41-53(45-55(64)49-70)66-37-17-19-39-68(66)73(59-30-12-4-13-31-59)60-32-14-5-15-33-60/h1-47H. The third kappa shape index (κ3) is 9.34. The molecule has 73 heavy (non-hydrogen) atoms. The number of para-hydroxylation sites is 7. The van der Waals surface area contributed by atoms with Crippen molar-refractivity contribution in [3.8, 4) is 56.6 Å². The molecule has 0 radical (unpaired) electrons. The Morgan fingerprint density at radius 1 is 0.219 bits per heavy atom. The summed E-state index contributed by atoms with van der Waals surface area (Å²) >= 11 is 0. The summed E-state index contributed by atoms with van der Waals surface area (Å²) in [4.78, 5) is 6.74. The Morgan fingerprint density at radius 3 is 0.849 bits per heavy atom. The third-order valence-electron chi connectivity index (χ3n) is 13.1. The first-order valence-corrected chi connectivity index (χ1v) is 24.3. The van der Waals surface area contributed by atoms with E-state index in [-0.39, 0.29) is 0 Å². The second-order valence-electron chi connectivity index (χ2n) is 17.6. The minimum absolute atomic E-state index is 0.576. The highest BCUT2D eigenvalue weighted by molar-refractivity contribution is 5.92. The molecule has 5 nitrogen and oxygen atoms in total. The number of rotatable bonds is 13. The van der Waals surface area contributed by atoms with Crippen molar-refractivity contribution in [1.82, 2.24) is 0 Å². The predicted octanol–water partition coefficient (Wildman–Crippen LogP) is 18.5. The fraction of sp³-hybridized carbons (Fsp3) is 0. The molecule has 344 valence electrons. The van der Waals surface area contributed by atoms with E-state index in [1.807, 2.05) is 78.9 Å². The fourth-order valence-electron chi connectivity index (χ4n) is 9.75. The van der Waals surface area contributed by atoms with Crippen molar-refractivity contribution in [1.29, 1.82) is 10.5 Å². The average Bonchev–Trinajstić information content (AvgIpc) is 3.47. The zero-order chi connectivity index (χ0) is 49.3. The molecule has 0 bridgehead atoms. The van der Waals surface area contributed by atoms with Gasteiger partial charge < -0.3 is 14.7 Å². The van der Waals surface area contributed by atoms with Gasteiger partial charge >= 0.3 is 0 Å². The first kappa shape index (κ1) is 45.3. The Bertz CT molecular complexity index is 3460. The van der Waals surface area contributed by atoms with Gasteiger partial charge in [-0.2, -0.15) is 10.5 Å². The quantitative estimate of drug-likeness (QED) is 0.115. The Labute approximate surface area is 427 Å². The Hall–Kier alpha value is -10.2. The number of nitriles is 2. The summed E-state index contributed by atoms with van der Waals surface area (Å²) < 4.78 is 0. The molecule has 0 saturated carbocycles. The second kappa shape index (κ2) is 20.8. The van der Waals surface area contributed by atoms with Crippen molar-refractivity contribution in [2.45, 2.75) is 0 Å². The van der Waals surface area contributed by atoms with E-state index in [1.165, 1.54) is 0 Å². The summed E-state index contributed by atoms with van der Waals surface area (Å²) in [5, 5.41) is 21.6. The van der Waals surface area contributed by atoms with Crippen LogP contribution in [0.15, 0.2) is 285 Å².